The first-order chi connectivity index (χ1) is 14.6. The third kappa shape index (κ3) is 5.25. The van der Waals surface area contributed by atoms with Gasteiger partial charge in [-0.15, -0.1) is 0 Å². The van der Waals surface area contributed by atoms with E-state index in [2.05, 4.69) is 44.8 Å². The molecule has 0 bridgehead atoms. The highest BCUT2D eigenvalue weighted by Gasteiger charge is 2.33. The van der Waals surface area contributed by atoms with Crippen molar-refractivity contribution in [1.82, 2.24) is 10.3 Å². The van der Waals surface area contributed by atoms with Gasteiger partial charge in [0, 0.05) is 30.1 Å². The Kier molecular flexibility index (Phi) is 7.11. The molecule has 1 aromatic heterocycles. The molecule has 1 aliphatic carbocycles. The monoisotopic (exact) mass is 442 g/mol. The first-order valence-corrected chi connectivity index (χ1v) is 12.0. The van der Waals surface area contributed by atoms with E-state index in [9.17, 15) is 0 Å². The summed E-state index contributed by atoms with van der Waals surface area (Å²) in [5, 5.41) is 8.23. The second-order valence-corrected chi connectivity index (χ2v) is 9.45. The molecule has 30 heavy (non-hydrogen) atoms. The Morgan fingerprint density at radius 2 is 1.67 bits per heavy atom. The van der Waals surface area contributed by atoms with E-state index in [1.165, 1.54) is 56.9 Å². The van der Waals surface area contributed by atoms with Gasteiger partial charge in [-0.2, -0.15) is 0 Å². The Morgan fingerprint density at radius 3 is 2.33 bits per heavy atom. The number of nitrogens with one attached hydrogen (secondary N) is 2. The van der Waals surface area contributed by atoms with Gasteiger partial charge in [-0.1, -0.05) is 43.0 Å². The molecule has 2 fully saturated rings. The Balaban J connectivity index is 1.36. The van der Waals surface area contributed by atoms with E-state index < -0.39 is 0 Å². The molecule has 0 radical (unpaired) electrons. The minimum atomic E-state index is 0.116. The van der Waals surface area contributed by atoms with Crippen LogP contribution in [0, 0.1) is 0 Å². The molecule has 0 unspecified atom stereocenters. The van der Waals surface area contributed by atoms with Crippen LogP contribution < -0.4 is 15.5 Å². The van der Waals surface area contributed by atoms with Gasteiger partial charge in [-0.25, -0.2) is 4.98 Å². The molecule has 2 heterocycles. The van der Waals surface area contributed by atoms with E-state index in [-0.39, 0.29) is 5.41 Å². The number of piperidine rings is 1. The fourth-order valence-corrected chi connectivity index (χ4v) is 5.11. The Labute approximate surface area is 190 Å². The third-order valence-electron chi connectivity index (χ3n) is 6.54. The molecule has 2 N–H and O–H groups in total. The molecular formula is C24H31ClN4S. The predicted octanol–water partition coefficient (Wildman–Crippen LogP) is 5.91. The topological polar surface area (TPSA) is 40.2 Å². The van der Waals surface area contributed by atoms with Crippen molar-refractivity contribution in [1.29, 1.82) is 0 Å². The zero-order valence-corrected chi connectivity index (χ0v) is 19.1. The van der Waals surface area contributed by atoms with Crippen LogP contribution >= 0.6 is 23.8 Å². The van der Waals surface area contributed by atoms with Gasteiger partial charge in [0.2, 0.25) is 0 Å². The number of nitrogens with zero attached hydrogens (tertiary/aromatic N) is 2. The van der Waals surface area contributed by atoms with Crippen molar-refractivity contribution in [3.63, 3.8) is 0 Å². The lowest BCUT2D eigenvalue weighted by Crippen LogP contribution is -2.43. The van der Waals surface area contributed by atoms with Crippen molar-refractivity contribution in [2.75, 3.05) is 29.9 Å². The number of rotatable bonds is 5. The molecule has 6 heteroatoms. The van der Waals surface area contributed by atoms with Crippen LogP contribution in [0.5, 0.6) is 0 Å². The number of halogens is 1. The van der Waals surface area contributed by atoms with Crippen LogP contribution in [0.15, 0.2) is 42.6 Å². The smallest absolute Gasteiger partial charge is 0.170 e. The molecule has 0 spiro atoms. The van der Waals surface area contributed by atoms with Crippen molar-refractivity contribution < 1.29 is 0 Å². The van der Waals surface area contributed by atoms with Gasteiger partial charge < -0.3 is 15.5 Å². The number of hydrogen-bond acceptors (Lipinski definition) is 3. The van der Waals surface area contributed by atoms with Crippen molar-refractivity contribution in [3.8, 4) is 0 Å². The summed E-state index contributed by atoms with van der Waals surface area (Å²) < 4.78 is 0. The lowest BCUT2D eigenvalue weighted by Gasteiger charge is -2.38. The van der Waals surface area contributed by atoms with E-state index in [0.29, 0.717) is 5.11 Å². The first kappa shape index (κ1) is 21.4. The van der Waals surface area contributed by atoms with Gasteiger partial charge in [-0.05, 0) is 74.2 Å². The number of anilines is 2. The molecule has 160 valence electrons. The zero-order valence-electron chi connectivity index (χ0n) is 17.5. The second-order valence-electron chi connectivity index (χ2n) is 8.61. The third-order valence-corrected chi connectivity index (χ3v) is 7.04. The molecule has 1 saturated heterocycles. The van der Waals surface area contributed by atoms with E-state index >= 15 is 0 Å². The average Bonchev–Trinajstić information content (AvgIpc) is 2.80. The standard InChI is InChI=1S/C24H31ClN4S/c25-20-9-7-19(8-10-20)24(13-3-1-4-14-24)18-27-23(30)28-21-11-12-22(26-17-21)29-15-5-2-6-16-29/h7-12,17H,1-6,13-16,18H2,(H2,27,28,30). The van der Waals surface area contributed by atoms with Crippen molar-refractivity contribution >= 4 is 40.4 Å². The Hall–Kier alpha value is -1.85. The SMILES string of the molecule is S=C(NCC1(c2ccc(Cl)cc2)CCCCC1)Nc1ccc(N2CCCCC2)nc1. The summed E-state index contributed by atoms with van der Waals surface area (Å²) in [6.07, 6.45) is 11.9. The highest BCUT2D eigenvalue weighted by atomic mass is 35.5. The van der Waals surface area contributed by atoms with Crippen LogP contribution in [0.1, 0.15) is 56.9 Å². The summed E-state index contributed by atoms with van der Waals surface area (Å²) in [5.74, 6) is 1.06. The molecule has 1 aromatic carbocycles. The number of pyridine rings is 1. The largest absolute Gasteiger partial charge is 0.362 e. The highest BCUT2D eigenvalue weighted by Crippen LogP contribution is 2.39. The lowest BCUT2D eigenvalue weighted by atomic mass is 9.69. The molecule has 2 aromatic rings. The molecule has 4 rings (SSSR count). The average molecular weight is 443 g/mol. The first-order valence-electron chi connectivity index (χ1n) is 11.2. The minimum absolute atomic E-state index is 0.116. The fraction of sp³-hybridized carbons (Fsp3) is 0.500. The quantitative estimate of drug-likeness (QED) is 0.563. The Morgan fingerprint density at radius 1 is 0.967 bits per heavy atom. The van der Waals surface area contributed by atoms with Crippen LogP contribution in [0.4, 0.5) is 11.5 Å². The minimum Gasteiger partial charge on any atom is -0.362 e. The highest BCUT2D eigenvalue weighted by molar-refractivity contribution is 7.80. The van der Waals surface area contributed by atoms with Gasteiger partial charge >= 0.3 is 0 Å². The molecule has 4 nitrogen and oxygen atoms in total. The molecule has 2 aliphatic rings. The summed E-state index contributed by atoms with van der Waals surface area (Å²) in [7, 11) is 0. The maximum Gasteiger partial charge on any atom is 0.170 e. The van der Waals surface area contributed by atoms with Crippen LogP contribution in [-0.4, -0.2) is 29.7 Å². The van der Waals surface area contributed by atoms with Crippen LogP contribution in [0.3, 0.4) is 0 Å². The van der Waals surface area contributed by atoms with Gasteiger partial charge in [0.25, 0.3) is 0 Å². The lowest BCUT2D eigenvalue weighted by molar-refractivity contribution is 0.292. The second kappa shape index (κ2) is 9.97. The Bertz CT molecular complexity index is 825. The number of thiocarbonyl (C=S) groups is 1. The maximum absolute atomic E-state index is 6.12. The normalized spacial score (nSPS) is 18.6. The van der Waals surface area contributed by atoms with Crippen molar-refractivity contribution in [2.24, 2.45) is 0 Å². The zero-order chi connectivity index (χ0) is 20.8. The summed E-state index contributed by atoms with van der Waals surface area (Å²) in [5.41, 5.74) is 2.40. The van der Waals surface area contributed by atoms with Gasteiger partial charge in [0.1, 0.15) is 5.82 Å². The fourth-order valence-electron chi connectivity index (χ4n) is 4.79. The number of hydrogen-bond donors (Lipinski definition) is 2. The molecule has 0 atom stereocenters. The van der Waals surface area contributed by atoms with E-state index in [1.54, 1.807) is 0 Å². The predicted molar refractivity (Wildman–Crippen MR) is 131 cm³/mol. The van der Waals surface area contributed by atoms with Gasteiger partial charge in [0.05, 0.1) is 11.9 Å². The van der Waals surface area contributed by atoms with Crippen LogP contribution in [-0.2, 0) is 5.41 Å². The van der Waals surface area contributed by atoms with E-state index in [0.717, 1.165) is 36.2 Å². The number of benzene rings is 1. The summed E-state index contributed by atoms with van der Waals surface area (Å²) in [4.78, 5) is 7.00. The van der Waals surface area contributed by atoms with E-state index in [4.69, 9.17) is 23.8 Å². The van der Waals surface area contributed by atoms with Crippen LogP contribution in [0.25, 0.3) is 0 Å². The molecule has 0 amide bonds. The molecule has 1 aliphatic heterocycles. The van der Waals surface area contributed by atoms with Gasteiger partial charge in [0.15, 0.2) is 5.11 Å². The van der Waals surface area contributed by atoms with Crippen LogP contribution in [0.2, 0.25) is 5.02 Å². The summed E-state index contributed by atoms with van der Waals surface area (Å²) >= 11 is 11.7. The summed E-state index contributed by atoms with van der Waals surface area (Å²) in [6.45, 7) is 3.04. The molecular weight excluding hydrogens is 412 g/mol. The van der Waals surface area contributed by atoms with Crippen molar-refractivity contribution in [2.45, 2.75) is 56.8 Å². The maximum atomic E-state index is 6.12. The molecule has 1 saturated carbocycles. The van der Waals surface area contributed by atoms with Gasteiger partial charge in [-0.3, -0.25) is 0 Å². The number of aromatic nitrogens is 1. The van der Waals surface area contributed by atoms with Crippen molar-refractivity contribution in [3.05, 3.63) is 53.2 Å². The summed E-state index contributed by atoms with van der Waals surface area (Å²) in [6, 6.07) is 12.5. The van der Waals surface area contributed by atoms with E-state index in [1.807, 2.05) is 18.3 Å².